The fourth-order valence-electron chi connectivity index (χ4n) is 5.05. The van der Waals surface area contributed by atoms with Gasteiger partial charge in [-0.05, 0) is 48.0 Å². The first-order chi connectivity index (χ1) is 18.3. The van der Waals surface area contributed by atoms with Gasteiger partial charge in [-0.1, -0.05) is 36.4 Å². The molecule has 0 atom stereocenters. The average Bonchev–Trinajstić information content (AvgIpc) is 2.91. The highest BCUT2D eigenvalue weighted by atomic mass is 32.1. The van der Waals surface area contributed by atoms with E-state index in [1.165, 1.54) is 4.57 Å². The van der Waals surface area contributed by atoms with Crippen LogP contribution in [0.5, 0.6) is 0 Å². The molecule has 4 aromatic carbocycles. The molecule has 1 aromatic heterocycles. The summed E-state index contributed by atoms with van der Waals surface area (Å²) >= 11 is 13.3. The first-order valence-electron chi connectivity index (χ1n) is 11.7. The Hall–Kier alpha value is -3.72. The lowest BCUT2D eigenvalue weighted by Gasteiger charge is -2.25. The smallest absolute Gasteiger partial charge is 0.262 e. The van der Waals surface area contributed by atoms with Gasteiger partial charge in [0.25, 0.3) is 5.56 Å². The van der Waals surface area contributed by atoms with Crippen molar-refractivity contribution in [3.63, 3.8) is 0 Å². The molecule has 186 valence electrons. The second kappa shape index (κ2) is 9.23. The van der Waals surface area contributed by atoms with E-state index in [4.69, 9.17) is 0 Å². The number of carbonyl (C=O) groups is 2. The van der Waals surface area contributed by atoms with Crippen molar-refractivity contribution in [3.8, 4) is 11.1 Å². The van der Waals surface area contributed by atoms with E-state index in [1.54, 1.807) is 73.8 Å². The lowest BCUT2D eigenvalue weighted by Crippen LogP contribution is -2.29. The molecule has 1 aliphatic rings. The molecule has 1 heterocycles. The topological polar surface area (TPSA) is 68.2 Å². The summed E-state index contributed by atoms with van der Waals surface area (Å²) in [5, 5.41) is 3.90. The Bertz CT molecular complexity index is 1910. The predicted octanol–water partition coefficient (Wildman–Crippen LogP) is 6.59. The summed E-state index contributed by atoms with van der Waals surface area (Å²) in [6, 6.07) is 22.9. The summed E-state index contributed by atoms with van der Waals surface area (Å²) in [5.74, 6) is -0.615. The Morgan fingerprint density at radius 3 is 2.21 bits per heavy atom. The summed E-state index contributed by atoms with van der Waals surface area (Å²) in [5.41, 5.74) is 3.59. The lowest BCUT2D eigenvalue weighted by molar-refractivity contribution is 0.102. The molecule has 5 aromatic rings. The highest BCUT2D eigenvalue weighted by molar-refractivity contribution is 7.81. The van der Waals surface area contributed by atoms with Crippen LogP contribution in [-0.4, -0.2) is 16.1 Å². The molecule has 0 bridgehead atoms. The molecule has 1 N–H and O–H groups in total. The second-order valence-electron chi connectivity index (χ2n) is 9.08. The predicted molar refractivity (Wildman–Crippen MR) is 159 cm³/mol. The van der Waals surface area contributed by atoms with Crippen molar-refractivity contribution in [1.82, 2.24) is 4.57 Å². The number of anilines is 2. The molecule has 38 heavy (non-hydrogen) atoms. The van der Waals surface area contributed by atoms with Crippen molar-refractivity contribution in [2.45, 2.75) is 14.7 Å². The number of nitrogens with one attached hydrogen (secondary N) is 1. The van der Waals surface area contributed by atoms with E-state index in [0.717, 1.165) is 4.90 Å². The van der Waals surface area contributed by atoms with Gasteiger partial charge >= 0.3 is 0 Å². The third-order valence-corrected chi connectivity index (χ3v) is 7.74. The largest absolute Gasteiger partial charge is 0.354 e. The standard InChI is InChI=1S/C30H20N2O3S3/c1-32-22-12-11-21(31-20-10-9-17(37)14-23(20)38)25-26(22)24(18-7-2-3-8-19(18)29(25)34)27(30(32)35)28(33)15-5-4-6-16(36)13-15/h2-14,31,36-38H,1H3. The summed E-state index contributed by atoms with van der Waals surface area (Å²) in [6.07, 6.45) is 0. The van der Waals surface area contributed by atoms with Crippen LogP contribution in [-0.2, 0) is 7.05 Å². The third-order valence-electron chi connectivity index (χ3n) is 6.82. The van der Waals surface area contributed by atoms with Crippen LogP contribution in [0.15, 0.2) is 98.3 Å². The van der Waals surface area contributed by atoms with Gasteiger partial charge in [-0.25, -0.2) is 0 Å². The number of aromatic nitrogens is 1. The zero-order valence-corrected chi connectivity index (χ0v) is 22.7. The van der Waals surface area contributed by atoms with E-state index in [9.17, 15) is 14.4 Å². The second-order valence-corrected chi connectivity index (χ2v) is 10.6. The van der Waals surface area contributed by atoms with Crippen molar-refractivity contribution in [3.05, 3.63) is 111 Å². The molecule has 0 saturated carbocycles. The highest BCUT2D eigenvalue weighted by Crippen LogP contribution is 2.44. The Morgan fingerprint density at radius 2 is 1.47 bits per heavy atom. The van der Waals surface area contributed by atoms with E-state index < -0.39 is 11.3 Å². The SMILES string of the molecule is Cn1c(=O)c(C(=O)c2cccc(S)c2)c2c3c(c(Nc4ccc(S)cc4S)ccc31)C(=O)c1ccccc1-2. The first-order valence-corrected chi connectivity index (χ1v) is 13.1. The molecular weight excluding hydrogens is 533 g/mol. The Kier molecular flexibility index (Phi) is 5.98. The molecule has 0 fully saturated rings. The van der Waals surface area contributed by atoms with Crippen molar-refractivity contribution in [2.24, 2.45) is 7.05 Å². The normalized spacial score (nSPS) is 11.9. The van der Waals surface area contributed by atoms with Crippen LogP contribution in [0.4, 0.5) is 11.4 Å². The van der Waals surface area contributed by atoms with Crippen molar-refractivity contribution in [2.75, 3.05) is 5.32 Å². The monoisotopic (exact) mass is 552 g/mol. The minimum Gasteiger partial charge on any atom is -0.354 e. The maximum absolute atomic E-state index is 14.0. The minimum absolute atomic E-state index is 0.0200. The summed E-state index contributed by atoms with van der Waals surface area (Å²) < 4.78 is 1.44. The van der Waals surface area contributed by atoms with Gasteiger partial charge in [0, 0.05) is 43.8 Å². The van der Waals surface area contributed by atoms with Crippen LogP contribution >= 0.6 is 37.9 Å². The summed E-state index contributed by atoms with van der Waals surface area (Å²) in [6.45, 7) is 0. The molecule has 0 aliphatic heterocycles. The number of carbonyl (C=O) groups excluding carboxylic acids is 2. The van der Waals surface area contributed by atoms with Crippen molar-refractivity contribution < 1.29 is 9.59 Å². The van der Waals surface area contributed by atoms with Gasteiger partial charge in [-0.2, -0.15) is 0 Å². The minimum atomic E-state index is -0.431. The fraction of sp³-hybridized carbons (Fsp3) is 0.0333. The molecule has 5 nitrogen and oxygen atoms in total. The van der Waals surface area contributed by atoms with Gasteiger partial charge < -0.3 is 9.88 Å². The van der Waals surface area contributed by atoms with Crippen LogP contribution in [0, 0.1) is 0 Å². The lowest BCUT2D eigenvalue weighted by atomic mass is 9.80. The van der Waals surface area contributed by atoms with Crippen LogP contribution in [0.2, 0.25) is 0 Å². The number of thiol groups is 3. The zero-order chi connectivity index (χ0) is 26.7. The van der Waals surface area contributed by atoms with E-state index in [2.05, 4.69) is 43.2 Å². The van der Waals surface area contributed by atoms with Crippen LogP contribution in [0.1, 0.15) is 31.8 Å². The molecule has 0 amide bonds. The fourth-order valence-corrected chi connectivity index (χ4v) is 5.85. The first kappa shape index (κ1) is 24.6. The molecule has 0 unspecified atom stereocenters. The van der Waals surface area contributed by atoms with Gasteiger partial charge in [-0.15, -0.1) is 37.9 Å². The molecule has 0 radical (unpaired) electrons. The van der Waals surface area contributed by atoms with Crippen molar-refractivity contribution >= 4 is 71.7 Å². The molecule has 1 aliphatic carbocycles. The highest BCUT2D eigenvalue weighted by Gasteiger charge is 2.34. The maximum atomic E-state index is 14.0. The number of benzene rings is 4. The number of rotatable bonds is 4. The number of hydrogen-bond acceptors (Lipinski definition) is 7. The number of aryl methyl sites for hydroxylation is 1. The third kappa shape index (κ3) is 3.79. The summed E-state index contributed by atoms with van der Waals surface area (Å²) in [7, 11) is 1.62. The number of fused-ring (bicyclic) bond motifs is 2. The van der Waals surface area contributed by atoms with E-state index in [-0.39, 0.29) is 11.3 Å². The van der Waals surface area contributed by atoms with Crippen molar-refractivity contribution in [1.29, 1.82) is 0 Å². The number of hydrogen-bond donors (Lipinski definition) is 4. The average molecular weight is 553 g/mol. The molecule has 6 rings (SSSR count). The molecular formula is C30H20N2O3S3. The molecule has 8 heteroatoms. The van der Waals surface area contributed by atoms with Crippen LogP contribution in [0.3, 0.4) is 0 Å². The number of ketones is 2. The molecule has 0 spiro atoms. The van der Waals surface area contributed by atoms with Gasteiger partial charge in [0.2, 0.25) is 0 Å². The van der Waals surface area contributed by atoms with Gasteiger partial charge in [-0.3, -0.25) is 14.4 Å². The van der Waals surface area contributed by atoms with E-state index in [0.29, 0.717) is 59.9 Å². The van der Waals surface area contributed by atoms with E-state index >= 15 is 0 Å². The quantitative estimate of drug-likeness (QED) is 0.147. The van der Waals surface area contributed by atoms with E-state index in [1.807, 2.05) is 12.1 Å². The number of pyridine rings is 1. The maximum Gasteiger partial charge on any atom is 0.262 e. The number of nitrogens with zero attached hydrogens (tertiary/aromatic N) is 1. The van der Waals surface area contributed by atoms with Crippen LogP contribution < -0.4 is 10.9 Å². The van der Waals surface area contributed by atoms with Gasteiger partial charge in [0.05, 0.1) is 28.0 Å². The van der Waals surface area contributed by atoms with Crippen LogP contribution in [0.25, 0.3) is 22.0 Å². The Balaban J connectivity index is 1.72. The zero-order valence-electron chi connectivity index (χ0n) is 20.0. The summed E-state index contributed by atoms with van der Waals surface area (Å²) in [4.78, 5) is 43.7. The van der Waals surface area contributed by atoms with Gasteiger partial charge in [0.1, 0.15) is 0 Å². The molecule has 0 saturated heterocycles. The Morgan fingerprint density at radius 1 is 0.763 bits per heavy atom. The van der Waals surface area contributed by atoms with Gasteiger partial charge in [0.15, 0.2) is 11.6 Å². The Labute approximate surface area is 234 Å².